The van der Waals surface area contributed by atoms with Crippen molar-refractivity contribution in [3.8, 4) is 0 Å². The predicted octanol–water partition coefficient (Wildman–Crippen LogP) is 3.68. The zero-order valence-corrected chi connectivity index (χ0v) is 15.3. The number of carbonyl (C=O) groups is 1. The third-order valence-electron chi connectivity index (χ3n) is 4.00. The molecule has 6 heteroatoms. The maximum atomic E-state index is 12.7. The second kappa shape index (κ2) is 8.65. The van der Waals surface area contributed by atoms with Crippen LogP contribution in [0.5, 0.6) is 0 Å². The Balaban J connectivity index is 1.79. The van der Waals surface area contributed by atoms with Crippen LogP contribution >= 0.6 is 11.6 Å². The van der Waals surface area contributed by atoms with Gasteiger partial charge in [0.1, 0.15) is 5.65 Å². The largest absolute Gasteiger partial charge is 0.383 e. The van der Waals surface area contributed by atoms with Crippen molar-refractivity contribution in [3.05, 3.63) is 77.2 Å². The third-order valence-corrected chi connectivity index (χ3v) is 4.28. The minimum atomic E-state index is -0.104. The number of hydrogen-bond acceptors (Lipinski definition) is 3. The molecule has 3 rings (SSSR count). The van der Waals surface area contributed by atoms with E-state index in [1.165, 1.54) is 6.08 Å². The van der Waals surface area contributed by atoms with Crippen molar-refractivity contribution < 1.29 is 9.53 Å². The minimum absolute atomic E-state index is 0.104. The number of methoxy groups -OCH3 is 1. The number of fused-ring (bicyclic) bond motifs is 1. The number of halogens is 1. The highest BCUT2D eigenvalue weighted by Crippen LogP contribution is 2.19. The summed E-state index contributed by atoms with van der Waals surface area (Å²) in [6.45, 7) is 1.51. The van der Waals surface area contributed by atoms with Crippen LogP contribution in [-0.2, 0) is 16.1 Å². The fourth-order valence-electron chi connectivity index (χ4n) is 2.66. The summed E-state index contributed by atoms with van der Waals surface area (Å²) in [5.74, 6) is -0.104. The Morgan fingerprint density at radius 2 is 2.00 bits per heavy atom. The molecule has 26 heavy (non-hydrogen) atoms. The summed E-state index contributed by atoms with van der Waals surface area (Å²) >= 11 is 6.22. The normalized spacial score (nSPS) is 11.3. The van der Waals surface area contributed by atoms with E-state index in [1.54, 1.807) is 18.1 Å². The van der Waals surface area contributed by atoms with Crippen LogP contribution in [0.1, 0.15) is 11.3 Å². The van der Waals surface area contributed by atoms with Crippen LogP contribution in [0, 0.1) is 0 Å². The van der Waals surface area contributed by atoms with E-state index in [0.29, 0.717) is 30.5 Å². The lowest BCUT2D eigenvalue weighted by atomic mass is 10.2. The van der Waals surface area contributed by atoms with E-state index in [9.17, 15) is 4.79 Å². The average molecular weight is 370 g/mol. The molecule has 1 amide bonds. The van der Waals surface area contributed by atoms with Crippen molar-refractivity contribution in [1.82, 2.24) is 14.3 Å². The number of carbonyl (C=O) groups excluding carboxylic acids is 1. The molecule has 134 valence electrons. The van der Waals surface area contributed by atoms with E-state index >= 15 is 0 Å². The van der Waals surface area contributed by atoms with Crippen LogP contribution in [0.4, 0.5) is 0 Å². The molecule has 0 bridgehead atoms. The number of pyridine rings is 1. The number of ether oxygens (including phenoxy) is 1. The van der Waals surface area contributed by atoms with E-state index in [-0.39, 0.29) is 5.91 Å². The summed E-state index contributed by atoms with van der Waals surface area (Å²) in [6, 6.07) is 15.5. The number of amides is 1. The molecule has 0 aliphatic heterocycles. The summed E-state index contributed by atoms with van der Waals surface area (Å²) < 4.78 is 6.98. The van der Waals surface area contributed by atoms with Gasteiger partial charge in [-0.15, -0.1) is 0 Å². The first-order valence-electron chi connectivity index (χ1n) is 8.31. The van der Waals surface area contributed by atoms with Crippen molar-refractivity contribution in [2.45, 2.75) is 6.54 Å². The van der Waals surface area contributed by atoms with Gasteiger partial charge < -0.3 is 9.64 Å². The molecule has 5 nitrogen and oxygen atoms in total. The van der Waals surface area contributed by atoms with Gasteiger partial charge in [0, 0.05) is 32.5 Å². The highest BCUT2D eigenvalue weighted by atomic mass is 35.5. The van der Waals surface area contributed by atoms with E-state index in [1.807, 2.05) is 59.1 Å². The average Bonchev–Trinajstić information content (AvgIpc) is 2.99. The second-order valence-corrected chi connectivity index (χ2v) is 6.15. The first kappa shape index (κ1) is 18.2. The Kier molecular flexibility index (Phi) is 6.04. The van der Waals surface area contributed by atoms with Crippen LogP contribution in [0.2, 0.25) is 5.15 Å². The van der Waals surface area contributed by atoms with Crippen molar-refractivity contribution in [2.24, 2.45) is 0 Å². The van der Waals surface area contributed by atoms with Gasteiger partial charge in [0.15, 0.2) is 5.15 Å². The topological polar surface area (TPSA) is 46.8 Å². The van der Waals surface area contributed by atoms with Gasteiger partial charge in [-0.25, -0.2) is 4.98 Å². The lowest BCUT2D eigenvalue weighted by Gasteiger charge is -2.21. The van der Waals surface area contributed by atoms with E-state index in [4.69, 9.17) is 16.3 Å². The molecular weight excluding hydrogens is 350 g/mol. The van der Waals surface area contributed by atoms with Gasteiger partial charge in [-0.1, -0.05) is 48.0 Å². The molecule has 0 spiro atoms. The van der Waals surface area contributed by atoms with Crippen LogP contribution in [0.25, 0.3) is 11.7 Å². The Labute approximate surface area is 157 Å². The Bertz CT molecular complexity index is 906. The molecule has 2 aromatic heterocycles. The SMILES string of the molecule is COCCN(Cc1ccccc1)C(=O)/C=C/c1c(Cl)nc2ccccn12. The zero-order valence-electron chi connectivity index (χ0n) is 14.5. The summed E-state index contributed by atoms with van der Waals surface area (Å²) in [4.78, 5) is 18.7. The van der Waals surface area contributed by atoms with Crippen molar-refractivity contribution in [2.75, 3.05) is 20.3 Å². The molecule has 0 saturated carbocycles. The summed E-state index contributed by atoms with van der Waals surface area (Å²) in [5, 5.41) is 0.367. The van der Waals surface area contributed by atoms with Crippen molar-refractivity contribution >= 4 is 29.2 Å². The second-order valence-electron chi connectivity index (χ2n) is 5.79. The summed E-state index contributed by atoms with van der Waals surface area (Å²) in [6.07, 6.45) is 5.10. The fourth-order valence-corrected chi connectivity index (χ4v) is 2.90. The molecule has 0 aliphatic carbocycles. The van der Waals surface area contributed by atoms with Crippen LogP contribution in [0.15, 0.2) is 60.8 Å². The van der Waals surface area contributed by atoms with Gasteiger partial charge in [0.05, 0.1) is 12.3 Å². The van der Waals surface area contributed by atoms with E-state index in [0.717, 1.165) is 11.2 Å². The maximum absolute atomic E-state index is 12.7. The first-order valence-corrected chi connectivity index (χ1v) is 8.69. The first-order chi connectivity index (χ1) is 12.7. The van der Waals surface area contributed by atoms with Gasteiger partial charge >= 0.3 is 0 Å². The highest BCUT2D eigenvalue weighted by Gasteiger charge is 2.12. The monoisotopic (exact) mass is 369 g/mol. The Morgan fingerprint density at radius 3 is 2.77 bits per heavy atom. The number of nitrogens with zero attached hydrogens (tertiary/aromatic N) is 3. The van der Waals surface area contributed by atoms with Gasteiger partial charge in [-0.05, 0) is 23.8 Å². The summed E-state index contributed by atoms with van der Waals surface area (Å²) in [5.41, 5.74) is 2.49. The lowest BCUT2D eigenvalue weighted by Crippen LogP contribution is -2.32. The number of imidazole rings is 1. The standard InChI is InChI=1S/C20H20ClN3O2/c1-26-14-13-23(15-16-7-3-2-4-8-16)19(25)11-10-17-20(21)22-18-9-5-6-12-24(17)18/h2-12H,13-15H2,1H3/b11-10+. The fraction of sp³-hybridized carbons (Fsp3) is 0.200. The summed E-state index contributed by atoms with van der Waals surface area (Å²) in [7, 11) is 1.62. The number of hydrogen-bond donors (Lipinski definition) is 0. The van der Waals surface area contributed by atoms with Gasteiger partial charge in [-0.3, -0.25) is 9.20 Å². The van der Waals surface area contributed by atoms with E-state index < -0.39 is 0 Å². The van der Waals surface area contributed by atoms with Gasteiger partial charge in [-0.2, -0.15) is 0 Å². The molecular formula is C20H20ClN3O2. The molecule has 0 aliphatic rings. The van der Waals surface area contributed by atoms with Crippen LogP contribution < -0.4 is 0 Å². The predicted molar refractivity (Wildman–Crippen MR) is 103 cm³/mol. The number of aromatic nitrogens is 2. The molecule has 0 saturated heterocycles. The van der Waals surface area contributed by atoms with Gasteiger partial charge in [0.25, 0.3) is 0 Å². The molecule has 2 heterocycles. The van der Waals surface area contributed by atoms with E-state index in [2.05, 4.69) is 4.98 Å². The number of rotatable bonds is 7. The quantitative estimate of drug-likeness (QED) is 0.597. The molecule has 0 N–H and O–H groups in total. The maximum Gasteiger partial charge on any atom is 0.247 e. The van der Waals surface area contributed by atoms with Crippen LogP contribution in [-0.4, -0.2) is 40.5 Å². The molecule has 0 radical (unpaired) electrons. The Morgan fingerprint density at radius 1 is 1.23 bits per heavy atom. The molecule has 0 fully saturated rings. The van der Waals surface area contributed by atoms with Crippen LogP contribution in [0.3, 0.4) is 0 Å². The smallest absolute Gasteiger partial charge is 0.247 e. The molecule has 3 aromatic rings. The Hall–Kier alpha value is -2.63. The van der Waals surface area contributed by atoms with Gasteiger partial charge in [0.2, 0.25) is 5.91 Å². The highest BCUT2D eigenvalue weighted by molar-refractivity contribution is 6.31. The minimum Gasteiger partial charge on any atom is -0.383 e. The third kappa shape index (κ3) is 4.31. The molecule has 0 atom stereocenters. The van der Waals surface area contributed by atoms with Crippen molar-refractivity contribution in [1.29, 1.82) is 0 Å². The van der Waals surface area contributed by atoms with Crippen molar-refractivity contribution in [3.63, 3.8) is 0 Å². The molecule has 1 aromatic carbocycles. The molecule has 0 unspecified atom stereocenters. The zero-order chi connectivity index (χ0) is 18.4. The lowest BCUT2D eigenvalue weighted by molar-refractivity contribution is -0.127. The number of benzene rings is 1.